The van der Waals surface area contributed by atoms with Gasteiger partial charge in [-0.2, -0.15) is 0 Å². The standard InChI is InChI=1S/C3H7N3S2/c1-7-3-2-5-6(4)8-3/h2,5H,4H2,1H3. The summed E-state index contributed by atoms with van der Waals surface area (Å²) in [5, 5.41) is 0. The van der Waals surface area contributed by atoms with Crippen LogP contribution in [-0.4, -0.2) is 10.8 Å². The molecule has 0 aliphatic carbocycles. The van der Waals surface area contributed by atoms with E-state index in [9.17, 15) is 0 Å². The lowest BCUT2D eigenvalue weighted by Crippen LogP contribution is -2.30. The molecule has 5 heteroatoms. The first kappa shape index (κ1) is 6.28. The van der Waals surface area contributed by atoms with E-state index in [1.807, 2.05) is 12.5 Å². The van der Waals surface area contributed by atoms with Crippen LogP contribution in [0.2, 0.25) is 0 Å². The number of nitrogens with two attached hydrogens (primary N) is 1. The van der Waals surface area contributed by atoms with Gasteiger partial charge in [-0.05, 0) is 6.26 Å². The van der Waals surface area contributed by atoms with Crippen LogP contribution in [-0.2, 0) is 0 Å². The molecule has 0 spiro atoms. The van der Waals surface area contributed by atoms with Crippen LogP contribution in [0.25, 0.3) is 0 Å². The number of nitrogens with zero attached hydrogens (tertiary/aromatic N) is 1. The third kappa shape index (κ3) is 1.32. The topological polar surface area (TPSA) is 41.3 Å². The van der Waals surface area contributed by atoms with Crippen molar-refractivity contribution in [2.75, 3.05) is 6.26 Å². The van der Waals surface area contributed by atoms with Gasteiger partial charge in [0.05, 0.1) is 4.24 Å². The summed E-state index contributed by atoms with van der Waals surface area (Å²) in [5.74, 6) is 5.32. The first-order chi connectivity index (χ1) is 3.83. The Labute approximate surface area is 56.7 Å². The van der Waals surface area contributed by atoms with E-state index in [2.05, 4.69) is 5.43 Å². The summed E-state index contributed by atoms with van der Waals surface area (Å²) in [6, 6.07) is 0. The second kappa shape index (κ2) is 2.63. The van der Waals surface area contributed by atoms with Crippen molar-refractivity contribution in [1.82, 2.24) is 9.95 Å². The third-order valence-electron chi connectivity index (χ3n) is 0.699. The highest BCUT2D eigenvalue weighted by Crippen LogP contribution is 2.29. The van der Waals surface area contributed by atoms with Crippen LogP contribution >= 0.6 is 23.7 Å². The first-order valence-corrected chi connectivity index (χ1v) is 4.06. The summed E-state index contributed by atoms with van der Waals surface area (Å²) in [6.07, 6.45) is 3.88. The molecule has 0 aromatic carbocycles. The van der Waals surface area contributed by atoms with Gasteiger partial charge in [0.2, 0.25) is 0 Å². The minimum Gasteiger partial charge on any atom is -0.301 e. The summed E-state index contributed by atoms with van der Waals surface area (Å²) >= 11 is 3.17. The highest BCUT2D eigenvalue weighted by molar-refractivity contribution is 8.21. The molecule has 0 saturated carbocycles. The molecule has 0 amide bonds. The van der Waals surface area contributed by atoms with E-state index in [-0.39, 0.29) is 0 Å². The Morgan fingerprint density at radius 1 is 2.00 bits per heavy atom. The molecule has 1 aliphatic rings. The fourth-order valence-electron chi connectivity index (χ4n) is 0.362. The molecule has 46 valence electrons. The molecular weight excluding hydrogens is 142 g/mol. The fourth-order valence-corrected chi connectivity index (χ4v) is 1.48. The van der Waals surface area contributed by atoms with E-state index >= 15 is 0 Å². The number of hydrogen-bond acceptors (Lipinski definition) is 5. The van der Waals surface area contributed by atoms with Crippen molar-refractivity contribution in [1.29, 1.82) is 0 Å². The van der Waals surface area contributed by atoms with Crippen LogP contribution in [0.15, 0.2) is 10.4 Å². The SMILES string of the molecule is CSC1=CNN(N)S1. The van der Waals surface area contributed by atoms with Gasteiger partial charge in [0.15, 0.2) is 0 Å². The second-order valence-electron chi connectivity index (χ2n) is 1.21. The predicted octanol–water partition coefficient (Wildman–Crippen LogP) is 0.490. The normalized spacial score (nSPS) is 20.5. The minimum atomic E-state index is 1.19. The zero-order valence-corrected chi connectivity index (χ0v) is 6.05. The van der Waals surface area contributed by atoms with Gasteiger partial charge in [-0.3, -0.25) is 0 Å². The summed E-state index contributed by atoms with van der Waals surface area (Å²) in [4.78, 5) is 0. The van der Waals surface area contributed by atoms with E-state index in [0.29, 0.717) is 0 Å². The summed E-state index contributed by atoms with van der Waals surface area (Å²) in [6.45, 7) is 0. The lowest BCUT2D eigenvalue weighted by atomic mass is 11.1. The van der Waals surface area contributed by atoms with Crippen LogP contribution in [0.3, 0.4) is 0 Å². The Balaban J connectivity index is 2.37. The summed E-state index contributed by atoms with van der Waals surface area (Å²) < 4.78 is 2.65. The predicted molar refractivity (Wildman–Crippen MR) is 38.4 cm³/mol. The largest absolute Gasteiger partial charge is 0.301 e. The van der Waals surface area contributed by atoms with Crippen LogP contribution in [0.4, 0.5) is 0 Å². The first-order valence-electron chi connectivity index (χ1n) is 2.06. The molecule has 0 atom stereocenters. The average molecular weight is 149 g/mol. The number of thioether (sulfide) groups is 1. The highest BCUT2D eigenvalue weighted by Gasteiger charge is 2.08. The van der Waals surface area contributed by atoms with Crippen molar-refractivity contribution in [2.45, 2.75) is 0 Å². The molecule has 1 rings (SSSR count). The zero-order chi connectivity index (χ0) is 5.98. The van der Waals surface area contributed by atoms with Gasteiger partial charge in [-0.15, -0.1) is 11.8 Å². The number of hydrazine groups is 2. The molecule has 1 heterocycles. The van der Waals surface area contributed by atoms with Crippen molar-refractivity contribution in [3.05, 3.63) is 10.4 Å². The monoisotopic (exact) mass is 149 g/mol. The Bertz CT molecular complexity index is 113. The quantitative estimate of drug-likeness (QED) is 0.419. The molecule has 1 aliphatic heterocycles. The molecule has 0 saturated heterocycles. The van der Waals surface area contributed by atoms with Crippen molar-refractivity contribution in [2.24, 2.45) is 5.84 Å². The highest BCUT2D eigenvalue weighted by atomic mass is 32.2. The summed E-state index contributed by atoms with van der Waals surface area (Å²) in [7, 11) is 0. The molecule has 8 heavy (non-hydrogen) atoms. The Hall–Kier alpha value is 0.160. The molecule has 0 fully saturated rings. The molecule has 0 unspecified atom stereocenters. The molecule has 0 bridgehead atoms. The van der Waals surface area contributed by atoms with Crippen molar-refractivity contribution in [3.63, 3.8) is 0 Å². The van der Waals surface area contributed by atoms with Crippen molar-refractivity contribution < 1.29 is 0 Å². The Morgan fingerprint density at radius 3 is 3.00 bits per heavy atom. The number of hydrogen-bond donors (Lipinski definition) is 2. The smallest absolute Gasteiger partial charge is 0.0759 e. The fraction of sp³-hybridized carbons (Fsp3) is 0.333. The maximum Gasteiger partial charge on any atom is 0.0759 e. The van der Waals surface area contributed by atoms with E-state index in [1.165, 1.54) is 20.7 Å². The Morgan fingerprint density at radius 2 is 2.75 bits per heavy atom. The third-order valence-corrected chi connectivity index (χ3v) is 2.54. The van der Waals surface area contributed by atoms with Gasteiger partial charge in [0.1, 0.15) is 0 Å². The average Bonchev–Trinajstić information content (AvgIpc) is 2.14. The summed E-state index contributed by atoms with van der Waals surface area (Å²) in [5.41, 5.74) is 2.81. The molecule has 0 aromatic heterocycles. The minimum absolute atomic E-state index is 1.19. The van der Waals surface area contributed by atoms with Crippen LogP contribution in [0.5, 0.6) is 0 Å². The van der Waals surface area contributed by atoms with Gasteiger partial charge in [-0.1, -0.05) is 4.52 Å². The molecule has 0 aromatic rings. The van der Waals surface area contributed by atoms with E-state index < -0.39 is 0 Å². The lowest BCUT2D eigenvalue weighted by molar-refractivity contribution is 0.440. The maximum atomic E-state index is 5.32. The zero-order valence-electron chi connectivity index (χ0n) is 4.42. The molecule has 0 radical (unpaired) electrons. The molecular formula is C3H7N3S2. The van der Waals surface area contributed by atoms with Gasteiger partial charge in [0.25, 0.3) is 0 Å². The molecule has 3 nitrogen and oxygen atoms in total. The van der Waals surface area contributed by atoms with Crippen LogP contribution in [0.1, 0.15) is 0 Å². The van der Waals surface area contributed by atoms with Crippen molar-refractivity contribution in [3.8, 4) is 0 Å². The van der Waals surface area contributed by atoms with Gasteiger partial charge >= 0.3 is 0 Å². The van der Waals surface area contributed by atoms with Crippen LogP contribution < -0.4 is 11.3 Å². The molecule has 3 N–H and O–H groups in total. The number of rotatable bonds is 1. The van der Waals surface area contributed by atoms with E-state index in [4.69, 9.17) is 5.84 Å². The van der Waals surface area contributed by atoms with Crippen molar-refractivity contribution >= 4 is 23.7 Å². The van der Waals surface area contributed by atoms with E-state index in [0.717, 1.165) is 0 Å². The maximum absolute atomic E-state index is 5.32. The lowest BCUT2D eigenvalue weighted by Gasteiger charge is -2.03. The van der Waals surface area contributed by atoms with Gasteiger partial charge < -0.3 is 5.43 Å². The van der Waals surface area contributed by atoms with Crippen LogP contribution in [0, 0.1) is 0 Å². The van der Waals surface area contributed by atoms with E-state index in [1.54, 1.807) is 11.8 Å². The van der Waals surface area contributed by atoms with Gasteiger partial charge in [0, 0.05) is 18.1 Å². The Kier molecular flexibility index (Phi) is 2.07. The van der Waals surface area contributed by atoms with Gasteiger partial charge in [-0.25, -0.2) is 5.84 Å². The number of nitrogens with one attached hydrogen (secondary N) is 1. The second-order valence-corrected chi connectivity index (χ2v) is 3.34.